The molecule has 2 aromatic carbocycles. The zero-order chi connectivity index (χ0) is 18.7. The van der Waals surface area contributed by atoms with E-state index in [0.717, 1.165) is 0 Å². The van der Waals surface area contributed by atoms with Gasteiger partial charge in [-0.15, -0.1) is 0 Å². The molecule has 7 heteroatoms. The molecule has 0 fully saturated rings. The average Bonchev–Trinajstić information content (AvgIpc) is 2.68. The van der Waals surface area contributed by atoms with Crippen LogP contribution in [0.5, 0.6) is 0 Å². The summed E-state index contributed by atoms with van der Waals surface area (Å²) in [4.78, 5) is 36.6. The van der Waals surface area contributed by atoms with E-state index in [4.69, 9.17) is 0 Å². The van der Waals surface area contributed by atoms with Crippen molar-refractivity contribution in [3.8, 4) is 0 Å². The molecule has 0 radical (unpaired) electrons. The van der Waals surface area contributed by atoms with E-state index < -0.39 is 17.3 Å². The van der Waals surface area contributed by atoms with Gasteiger partial charge >= 0.3 is 5.97 Å². The number of anilines is 1. The number of ether oxygens (including phenoxy) is 1. The van der Waals surface area contributed by atoms with Crippen LogP contribution in [-0.4, -0.2) is 28.8 Å². The molecule has 0 aliphatic carbocycles. The first-order valence-corrected chi connectivity index (χ1v) is 8.04. The number of benzene rings is 2. The Morgan fingerprint density at radius 3 is 2.46 bits per heavy atom. The van der Waals surface area contributed by atoms with E-state index in [1.807, 2.05) is 13.0 Å². The van der Waals surface area contributed by atoms with Gasteiger partial charge in [-0.3, -0.25) is 14.3 Å². The molecule has 0 bridgehead atoms. The number of nitrogens with zero attached hydrogens (tertiary/aromatic N) is 2. The third-order valence-electron chi connectivity index (χ3n) is 3.94. The molecule has 0 saturated heterocycles. The van der Waals surface area contributed by atoms with Crippen molar-refractivity contribution >= 4 is 28.5 Å². The van der Waals surface area contributed by atoms with E-state index in [1.165, 1.54) is 19.2 Å². The number of aromatic nitrogens is 2. The Kier molecular flexibility index (Phi) is 4.79. The van der Waals surface area contributed by atoms with Crippen LogP contribution in [-0.2, 0) is 11.3 Å². The van der Waals surface area contributed by atoms with Gasteiger partial charge in [0.1, 0.15) is 0 Å². The fraction of sp³-hybridized carbons (Fsp3) is 0.158. The van der Waals surface area contributed by atoms with Crippen LogP contribution in [0.4, 0.5) is 5.69 Å². The Morgan fingerprint density at radius 1 is 1.12 bits per heavy atom. The molecule has 132 valence electrons. The summed E-state index contributed by atoms with van der Waals surface area (Å²) in [6, 6.07) is 13.2. The molecule has 0 atom stereocenters. The third kappa shape index (κ3) is 3.19. The van der Waals surface area contributed by atoms with E-state index in [1.54, 1.807) is 35.0 Å². The van der Waals surface area contributed by atoms with E-state index >= 15 is 0 Å². The molecule has 0 spiro atoms. The van der Waals surface area contributed by atoms with Crippen LogP contribution in [0.3, 0.4) is 0 Å². The van der Waals surface area contributed by atoms with Gasteiger partial charge in [-0.05, 0) is 43.3 Å². The van der Waals surface area contributed by atoms with Crippen LogP contribution in [0.1, 0.15) is 27.8 Å². The summed E-state index contributed by atoms with van der Waals surface area (Å²) in [5.41, 5.74) is 0.887. The first-order valence-electron chi connectivity index (χ1n) is 8.04. The number of hydrogen-bond acceptors (Lipinski definition) is 5. The van der Waals surface area contributed by atoms with Crippen LogP contribution in [0, 0.1) is 0 Å². The monoisotopic (exact) mass is 351 g/mol. The molecule has 7 nitrogen and oxygen atoms in total. The van der Waals surface area contributed by atoms with E-state index in [2.05, 4.69) is 15.2 Å². The zero-order valence-electron chi connectivity index (χ0n) is 14.4. The Balaban J connectivity index is 1.94. The second-order valence-electron chi connectivity index (χ2n) is 5.53. The van der Waals surface area contributed by atoms with E-state index in [9.17, 15) is 14.4 Å². The highest BCUT2D eigenvalue weighted by atomic mass is 16.5. The average molecular weight is 351 g/mol. The normalized spacial score (nSPS) is 10.5. The van der Waals surface area contributed by atoms with Crippen molar-refractivity contribution in [2.75, 3.05) is 12.4 Å². The summed E-state index contributed by atoms with van der Waals surface area (Å²) in [6.45, 7) is 2.41. The zero-order valence-corrected chi connectivity index (χ0v) is 14.4. The number of amides is 1. The number of rotatable bonds is 4. The number of aryl methyl sites for hydroxylation is 1. The summed E-state index contributed by atoms with van der Waals surface area (Å²) in [5, 5.41) is 7.26. The number of fused-ring (bicyclic) bond motifs is 1. The first kappa shape index (κ1) is 17.3. The highest BCUT2D eigenvalue weighted by Gasteiger charge is 2.17. The molecule has 26 heavy (non-hydrogen) atoms. The largest absolute Gasteiger partial charge is 0.465 e. The lowest BCUT2D eigenvalue weighted by molar-refractivity contribution is 0.0600. The van der Waals surface area contributed by atoms with Gasteiger partial charge in [-0.2, -0.15) is 5.10 Å². The Bertz CT molecular complexity index is 1040. The molecule has 0 aliphatic heterocycles. The van der Waals surface area contributed by atoms with Gasteiger partial charge in [-0.1, -0.05) is 12.1 Å². The highest BCUT2D eigenvalue weighted by molar-refractivity contribution is 6.04. The Morgan fingerprint density at radius 2 is 1.81 bits per heavy atom. The van der Waals surface area contributed by atoms with Gasteiger partial charge in [0.25, 0.3) is 5.91 Å². The van der Waals surface area contributed by atoms with Gasteiger partial charge in [0, 0.05) is 17.6 Å². The predicted octanol–water partition coefficient (Wildman–Crippen LogP) is 2.46. The summed E-state index contributed by atoms with van der Waals surface area (Å²) >= 11 is 0. The summed E-state index contributed by atoms with van der Waals surface area (Å²) in [6.07, 6.45) is 0. The second-order valence-corrected chi connectivity index (χ2v) is 5.53. The minimum Gasteiger partial charge on any atom is -0.465 e. The van der Waals surface area contributed by atoms with Gasteiger partial charge in [-0.25, -0.2) is 4.79 Å². The minimum absolute atomic E-state index is 0.178. The number of carbonyl (C=O) groups excluding carboxylic acids is 2. The molecule has 1 N–H and O–H groups in total. The van der Waals surface area contributed by atoms with Gasteiger partial charge < -0.3 is 10.1 Å². The van der Waals surface area contributed by atoms with Crippen LogP contribution < -0.4 is 10.7 Å². The maximum absolute atomic E-state index is 12.6. The molecule has 0 saturated carbocycles. The number of methoxy groups -OCH3 is 1. The fourth-order valence-corrected chi connectivity index (χ4v) is 2.63. The van der Waals surface area contributed by atoms with Crippen LogP contribution >= 0.6 is 0 Å². The van der Waals surface area contributed by atoms with E-state index in [0.29, 0.717) is 28.7 Å². The lowest BCUT2D eigenvalue weighted by Crippen LogP contribution is -2.27. The molecular formula is C19H17N3O4. The SMILES string of the molecule is CCn1nc(C(=O)Nc2ccc(C(=O)OC)cc2)c(=O)c2ccccc21. The molecule has 3 aromatic rings. The van der Waals surface area contributed by atoms with Crippen molar-refractivity contribution in [2.45, 2.75) is 13.5 Å². The third-order valence-corrected chi connectivity index (χ3v) is 3.94. The van der Waals surface area contributed by atoms with Gasteiger partial charge in [0.05, 0.1) is 18.2 Å². The van der Waals surface area contributed by atoms with Crippen LogP contribution in [0.15, 0.2) is 53.3 Å². The fourth-order valence-electron chi connectivity index (χ4n) is 2.63. The standard InChI is InChI=1S/C19H17N3O4/c1-3-22-15-7-5-4-6-14(15)17(23)16(21-22)18(24)20-13-10-8-12(9-11-13)19(25)26-2/h4-11H,3H2,1-2H3,(H,20,24). The van der Waals surface area contributed by atoms with Crippen molar-refractivity contribution < 1.29 is 14.3 Å². The van der Waals surface area contributed by atoms with Gasteiger partial charge in [0.2, 0.25) is 5.43 Å². The van der Waals surface area contributed by atoms with Crippen molar-refractivity contribution in [2.24, 2.45) is 0 Å². The number of hydrogen-bond donors (Lipinski definition) is 1. The predicted molar refractivity (Wildman–Crippen MR) is 97.4 cm³/mol. The summed E-state index contributed by atoms with van der Waals surface area (Å²) in [7, 11) is 1.29. The smallest absolute Gasteiger partial charge is 0.337 e. The van der Waals surface area contributed by atoms with Crippen molar-refractivity contribution in [3.63, 3.8) is 0 Å². The molecule has 0 aliphatic rings. The number of carbonyl (C=O) groups is 2. The topological polar surface area (TPSA) is 90.3 Å². The molecule has 1 amide bonds. The van der Waals surface area contributed by atoms with Crippen molar-refractivity contribution in [3.05, 3.63) is 70.0 Å². The molecule has 1 aromatic heterocycles. The highest BCUT2D eigenvalue weighted by Crippen LogP contribution is 2.13. The molecular weight excluding hydrogens is 334 g/mol. The first-order chi connectivity index (χ1) is 12.5. The summed E-state index contributed by atoms with van der Waals surface area (Å²) < 4.78 is 6.25. The minimum atomic E-state index is -0.603. The molecule has 0 unspecified atom stereocenters. The number of esters is 1. The van der Waals surface area contributed by atoms with Crippen LogP contribution in [0.2, 0.25) is 0 Å². The van der Waals surface area contributed by atoms with Crippen molar-refractivity contribution in [1.29, 1.82) is 0 Å². The summed E-state index contributed by atoms with van der Waals surface area (Å²) in [5.74, 6) is -1.07. The number of nitrogens with one attached hydrogen (secondary N) is 1. The Hall–Kier alpha value is -3.48. The lowest BCUT2D eigenvalue weighted by Gasteiger charge is -2.10. The van der Waals surface area contributed by atoms with Crippen LogP contribution in [0.25, 0.3) is 10.9 Å². The van der Waals surface area contributed by atoms with Crippen molar-refractivity contribution in [1.82, 2.24) is 9.78 Å². The molecule has 1 heterocycles. The Labute approximate surface area is 149 Å². The number of para-hydroxylation sites is 1. The second kappa shape index (κ2) is 7.18. The molecule has 3 rings (SSSR count). The maximum atomic E-state index is 12.6. The quantitative estimate of drug-likeness (QED) is 0.729. The maximum Gasteiger partial charge on any atom is 0.337 e. The van der Waals surface area contributed by atoms with Gasteiger partial charge in [0.15, 0.2) is 5.69 Å². The lowest BCUT2D eigenvalue weighted by atomic mass is 10.2. The van der Waals surface area contributed by atoms with E-state index in [-0.39, 0.29) is 5.69 Å².